The largest absolute Gasteiger partial charge is 0.360 e. The summed E-state index contributed by atoms with van der Waals surface area (Å²) in [5.74, 6) is -0.369. The number of carbonyl (C=O) groups excluding carboxylic acids is 1. The van der Waals surface area contributed by atoms with Gasteiger partial charge in [0.05, 0.1) is 0 Å². The number of nitriles is 1. The van der Waals surface area contributed by atoms with Gasteiger partial charge in [-0.25, -0.2) is 0 Å². The van der Waals surface area contributed by atoms with Crippen molar-refractivity contribution in [2.75, 3.05) is 11.9 Å². The monoisotopic (exact) mass is 319 g/mol. The first-order valence-electron chi connectivity index (χ1n) is 7.87. The lowest BCUT2D eigenvalue weighted by molar-refractivity contribution is -0.117. The van der Waals surface area contributed by atoms with E-state index in [0.717, 1.165) is 28.8 Å². The van der Waals surface area contributed by atoms with Crippen molar-refractivity contribution >= 4 is 11.6 Å². The molecule has 1 amide bonds. The van der Waals surface area contributed by atoms with Crippen LogP contribution in [0.25, 0.3) is 0 Å². The zero-order chi connectivity index (χ0) is 17.4. The summed E-state index contributed by atoms with van der Waals surface area (Å²) >= 11 is 0. The van der Waals surface area contributed by atoms with Gasteiger partial charge in [0, 0.05) is 18.4 Å². The second-order valence-electron chi connectivity index (χ2n) is 5.55. The number of aryl methyl sites for hydroxylation is 1. The molecule has 2 N–H and O–H groups in total. The van der Waals surface area contributed by atoms with E-state index in [2.05, 4.69) is 10.6 Å². The molecular weight excluding hydrogens is 298 g/mol. The van der Waals surface area contributed by atoms with Gasteiger partial charge in [0.1, 0.15) is 11.6 Å². The van der Waals surface area contributed by atoms with Gasteiger partial charge in [-0.05, 0) is 43.0 Å². The van der Waals surface area contributed by atoms with E-state index in [9.17, 15) is 10.1 Å². The Balaban J connectivity index is 1.93. The first-order chi connectivity index (χ1) is 11.6. The predicted octanol–water partition coefficient (Wildman–Crippen LogP) is 3.48. The highest BCUT2D eigenvalue weighted by Crippen LogP contribution is 2.18. The first-order valence-corrected chi connectivity index (χ1v) is 7.87. The molecule has 0 aromatic heterocycles. The van der Waals surface area contributed by atoms with Crippen molar-refractivity contribution in [3.05, 3.63) is 77.0 Å². The Morgan fingerprint density at radius 2 is 1.88 bits per heavy atom. The van der Waals surface area contributed by atoms with E-state index in [0.29, 0.717) is 6.54 Å². The quantitative estimate of drug-likeness (QED) is 0.633. The van der Waals surface area contributed by atoms with Crippen molar-refractivity contribution in [3.63, 3.8) is 0 Å². The molecule has 0 aliphatic rings. The fraction of sp³-hybridized carbons (Fsp3) is 0.200. The summed E-state index contributed by atoms with van der Waals surface area (Å²) in [5, 5.41) is 15.0. The van der Waals surface area contributed by atoms with E-state index >= 15 is 0 Å². The molecule has 0 saturated carbocycles. The van der Waals surface area contributed by atoms with E-state index < -0.39 is 0 Å². The third-order valence-corrected chi connectivity index (χ3v) is 3.88. The Labute approximate surface area is 142 Å². The first kappa shape index (κ1) is 17.3. The molecule has 0 aliphatic carbocycles. The molecule has 0 fully saturated rings. The number of amides is 1. The van der Waals surface area contributed by atoms with Crippen LogP contribution in [0, 0.1) is 25.2 Å². The van der Waals surface area contributed by atoms with Crippen molar-refractivity contribution in [1.82, 2.24) is 5.32 Å². The lowest BCUT2D eigenvalue weighted by Crippen LogP contribution is -2.27. The molecule has 2 rings (SSSR count). The zero-order valence-corrected chi connectivity index (χ0v) is 14.0. The van der Waals surface area contributed by atoms with Gasteiger partial charge < -0.3 is 10.6 Å². The zero-order valence-electron chi connectivity index (χ0n) is 14.0. The molecule has 0 unspecified atom stereocenters. The molecule has 0 radical (unpaired) electrons. The molecule has 2 aromatic rings. The van der Waals surface area contributed by atoms with E-state index in [1.165, 1.54) is 6.20 Å². The van der Waals surface area contributed by atoms with Crippen LogP contribution in [-0.4, -0.2) is 12.5 Å². The summed E-state index contributed by atoms with van der Waals surface area (Å²) in [6, 6.07) is 17.7. The molecule has 0 bridgehead atoms. The average Bonchev–Trinajstić information content (AvgIpc) is 2.60. The molecule has 4 nitrogen and oxygen atoms in total. The van der Waals surface area contributed by atoms with Crippen LogP contribution in [0.5, 0.6) is 0 Å². The third kappa shape index (κ3) is 4.72. The van der Waals surface area contributed by atoms with Gasteiger partial charge in [-0.2, -0.15) is 5.26 Å². The number of hydrogen-bond acceptors (Lipinski definition) is 3. The van der Waals surface area contributed by atoms with Crippen LogP contribution < -0.4 is 10.6 Å². The maximum atomic E-state index is 12.1. The van der Waals surface area contributed by atoms with Gasteiger partial charge in [-0.3, -0.25) is 4.79 Å². The normalized spacial score (nSPS) is 10.8. The summed E-state index contributed by atoms with van der Waals surface area (Å²) < 4.78 is 0. The summed E-state index contributed by atoms with van der Waals surface area (Å²) in [4.78, 5) is 12.1. The van der Waals surface area contributed by atoms with Crippen molar-refractivity contribution in [3.8, 4) is 6.07 Å². The van der Waals surface area contributed by atoms with E-state index in [1.54, 1.807) is 0 Å². The topological polar surface area (TPSA) is 64.9 Å². The highest BCUT2D eigenvalue weighted by molar-refractivity contribution is 5.97. The lowest BCUT2D eigenvalue weighted by atomic mass is 10.1. The van der Waals surface area contributed by atoms with Crippen molar-refractivity contribution in [1.29, 1.82) is 5.26 Å². The number of anilines is 1. The number of benzene rings is 2. The maximum absolute atomic E-state index is 12.1. The van der Waals surface area contributed by atoms with E-state index in [-0.39, 0.29) is 11.5 Å². The molecular formula is C20H21N3O. The molecule has 0 saturated heterocycles. The molecule has 24 heavy (non-hydrogen) atoms. The average molecular weight is 319 g/mol. The molecule has 0 atom stereocenters. The van der Waals surface area contributed by atoms with E-state index in [4.69, 9.17) is 0 Å². The highest BCUT2D eigenvalue weighted by Gasteiger charge is 2.08. The van der Waals surface area contributed by atoms with Crippen LogP contribution >= 0.6 is 0 Å². The molecule has 4 heteroatoms. The van der Waals surface area contributed by atoms with Crippen LogP contribution in [0.2, 0.25) is 0 Å². The summed E-state index contributed by atoms with van der Waals surface area (Å²) in [5.41, 5.74) is 4.34. The number of nitrogens with zero attached hydrogens (tertiary/aromatic N) is 1. The predicted molar refractivity (Wildman–Crippen MR) is 96.4 cm³/mol. The third-order valence-electron chi connectivity index (χ3n) is 3.88. The summed E-state index contributed by atoms with van der Waals surface area (Å²) in [6.07, 6.45) is 2.19. The minimum Gasteiger partial charge on any atom is -0.360 e. The van der Waals surface area contributed by atoms with Gasteiger partial charge in [0.2, 0.25) is 0 Å². The lowest BCUT2D eigenvalue weighted by Gasteiger charge is -2.09. The SMILES string of the molecule is Cc1cccc(N/C=C(/C#N)C(=O)NCCc2ccccc2)c1C. The maximum Gasteiger partial charge on any atom is 0.263 e. The van der Waals surface area contributed by atoms with Gasteiger partial charge in [-0.1, -0.05) is 42.5 Å². The number of hydrogen-bond donors (Lipinski definition) is 2. The Bertz CT molecular complexity index is 773. The van der Waals surface area contributed by atoms with Crippen LogP contribution in [0.1, 0.15) is 16.7 Å². The van der Waals surface area contributed by atoms with Crippen molar-refractivity contribution < 1.29 is 4.79 Å². The van der Waals surface area contributed by atoms with Gasteiger partial charge in [-0.15, -0.1) is 0 Å². The summed E-state index contributed by atoms with van der Waals surface area (Å²) in [7, 11) is 0. The Kier molecular flexibility index (Phi) is 6.16. The smallest absolute Gasteiger partial charge is 0.263 e. The Morgan fingerprint density at radius 1 is 1.12 bits per heavy atom. The van der Waals surface area contributed by atoms with E-state index in [1.807, 2.05) is 68.4 Å². The molecule has 0 aliphatic heterocycles. The van der Waals surface area contributed by atoms with Crippen LogP contribution in [0.15, 0.2) is 60.3 Å². The second-order valence-corrected chi connectivity index (χ2v) is 5.55. The van der Waals surface area contributed by atoms with Gasteiger partial charge >= 0.3 is 0 Å². The standard InChI is InChI=1S/C20H21N3O/c1-15-7-6-10-19(16(15)2)23-14-18(13-21)20(24)22-12-11-17-8-4-3-5-9-17/h3-10,14,23H,11-12H2,1-2H3,(H,22,24)/b18-14-. The Hall–Kier alpha value is -3.06. The van der Waals surface area contributed by atoms with Gasteiger partial charge in [0.25, 0.3) is 5.91 Å². The highest BCUT2D eigenvalue weighted by atomic mass is 16.1. The van der Waals surface area contributed by atoms with Crippen molar-refractivity contribution in [2.24, 2.45) is 0 Å². The minimum atomic E-state index is -0.369. The fourth-order valence-corrected chi connectivity index (χ4v) is 2.27. The minimum absolute atomic E-state index is 0.0592. The van der Waals surface area contributed by atoms with Crippen LogP contribution in [-0.2, 0) is 11.2 Å². The number of carbonyl (C=O) groups is 1. The van der Waals surface area contributed by atoms with Gasteiger partial charge in [0.15, 0.2) is 0 Å². The Morgan fingerprint density at radius 3 is 2.58 bits per heavy atom. The fourth-order valence-electron chi connectivity index (χ4n) is 2.27. The van der Waals surface area contributed by atoms with Crippen molar-refractivity contribution in [2.45, 2.75) is 20.3 Å². The summed E-state index contributed by atoms with van der Waals surface area (Å²) in [6.45, 7) is 4.51. The second kappa shape index (κ2) is 8.54. The van der Waals surface area contributed by atoms with Crippen LogP contribution in [0.4, 0.5) is 5.69 Å². The molecule has 2 aromatic carbocycles. The number of rotatable bonds is 6. The number of nitrogens with one attached hydrogen (secondary N) is 2. The molecule has 0 heterocycles. The molecule has 0 spiro atoms. The molecule has 122 valence electrons. The van der Waals surface area contributed by atoms with Crippen LogP contribution in [0.3, 0.4) is 0 Å².